The largest absolute Gasteiger partial charge is 0.379 e. The van der Waals surface area contributed by atoms with Gasteiger partial charge in [0.2, 0.25) is 5.95 Å². The molecule has 2 amide bonds. The zero-order chi connectivity index (χ0) is 26.5. The lowest BCUT2D eigenvalue weighted by Crippen LogP contribution is -2.39. The highest BCUT2D eigenvalue weighted by Crippen LogP contribution is 2.28. The second-order valence-corrected chi connectivity index (χ2v) is 9.08. The van der Waals surface area contributed by atoms with Crippen LogP contribution in [0.4, 0.5) is 22.1 Å². The number of rotatable bonds is 8. The van der Waals surface area contributed by atoms with E-state index in [1.54, 1.807) is 35.1 Å². The van der Waals surface area contributed by atoms with Gasteiger partial charge in [-0.3, -0.25) is 9.69 Å². The minimum absolute atomic E-state index is 0.0617. The quantitative estimate of drug-likeness (QED) is 0.305. The van der Waals surface area contributed by atoms with E-state index in [1.807, 2.05) is 31.3 Å². The summed E-state index contributed by atoms with van der Waals surface area (Å²) >= 11 is 0. The monoisotopic (exact) mass is 514 g/mol. The van der Waals surface area contributed by atoms with E-state index in [2.05, 4.69) is 35.9 Å². The van der Waals surface area contributed by atoms with Crippen molar-refractivity contribution in [1.82, 2.24) is 24.6 Å². The van der Waals surface area contributed by atoms with Crippen molar-refractivity contribution in [2.45, 2.75) is 6.92 Å². The average Bonchev–Trinajstić information content (AvgIpc) is 3.25. The molecule has 2 aromatic heterocycles. The van der Waals surface area contributed by atoms with Gasteiger partial charge in [0.25, 0.3) is 0 Å². The Bertz CT molecular complexity index is 1440. The van der Waals surface area contributed by atoms with Gasteiger partial charge in [-0.15, -0.1) is 0 Å². The van der Waals surface area contributed by atoms with Crippen LogP contribution in [-0.4, -0.2) is 75.9 Å². The zero-order valence-corrected chi connectivity index (χ0v) is 21.4. The molecule has 1 fully saturated rings. The number of anilines is 3. The predicted octanol–water partition coefficient (Wildman–Crippen LogP) is 3.62. The first kappa shape index (κ1) is 25.3. The van der Waals surface area contributed by atoms with Crippen molar-refractivity contribution in [2.75, 3.05) is 55.3 Å². The number of Topliss-reactive ketones (excluding diaryl/α,β-unsaturated/α-hetero) is 1. The summed E-state index contributed by atoms with van der Waals surface area (Å²) in [6, 6.07) is 13.8. The average molecular weight is 515 g/mol. The molecular formula is C27H30N8O3. The maximum atomic E-state index is 12.4. The second-order valence-electron chi connectivity index (χ2n) is 9.08. The van der Waals surface area contributed by atoms with Crippen molar-refractivity contribution in [3.8, 4) is 11.3 Å². The van der Waals surface area contributed by atoms with Gasteiger partial charge in [0, 0.05) is 61.9 Å². The van der Waals surface area contributed by atoms with Crippen molar-refractivity contribution >= 4 is 40.2 Å². The van der Waals surface area contributed by atoms with Gasteiger partial charge in [-0.1, -0.05) is 24.3 Å². The number of fused-ring (bicyclic) bond motifs is 1. The van der Waals surface area contributed by atoms with Gasteiger partial charge >= 0.3 is 6.03 Å². The molecule has 0 bridgehead atoms. The lowest BCUT2D eigenvalue weighted by atomic mass is 10.1. The maximum absolute atomic E-state index is 12.4. The Morgan fingerprint density at radius 2 is 1.79 bits per heavy atom. The summed E-state index contributed by atoms with van der Waals surface area (Å²) in [5.41, 5.74) is 4.08. The molecule has 0 spiro atoms. The van der Waals surface area contributed by atoms with Crippen LogP contribution in [0.5, 0.6) is 0 Å². The van der Waals surface area contributed by atoms with Crippen molar-refractivity contribution in [2.24, 2.45) is 7.05 Å². The molecule has 0 atom stereocenters. The molecular weight excluding hydrogens is 484 g/mol. The highest BCUT2D eigenvalue weighted by atomic mass is 16.5. The fraction of sp³-hybridized carbons (Fsp3) is 0.296. The van der Waals surface area contributed by atoms with E-state index >= 15 is 0 Å². The first-order chi connectivity index (χ1) is 18.5. The predicted molar refractivity (Wildman–Crippen MR) is 147 cm³/mol. The lowest BCUT2D eigenvalue weighted by Gasteiger charge is -2.26. The van der Waals surface area contributed by atoms with Gasteiger partial charge in [0.1, 0.15) is 5.69 Å². The van der Waals surface area contributed by atoms with Crippen molar-refractivity contribution < 1.29 is 14.3 Å². The van der Waals surface area contributed by atoms with Crippen LogP contribution in [0.3, 0.4) is 0 Å². The maximum Gasteiger partial charge on any atom is 0.323 e. The third-order valence-corrected chi connectivity index (χ3v) is 6.34. The molecule has 5 rings (SSSR count). The molecule has 11 nitrogen and oxygen atoms in total. The zero-order valence-electron chi connectivity index (χ0n) is 21.4. The van der Waals surface area contributed by atoms with E-state index in [9.17, 15) is 9.59 Å². The summed E-state index contributed by atoms with van der Waals surface area (Å²) in [5.74, 6) is 0.507. The second kappa shape index (κ2) is 11.4. The number of hydrogen-bond donors (Lipinski definition) is 3. The number of ketones is 1. The van der Waals surface area contributed by atoms with Crippen LogP contribution >= 0.6 is 0 Å². The molecule has 3 heterocycles. The third kappa shape index (κ3) is 5.96. The summed E-state index contributed by atoms with van der Waals surface area (Å²) < 4.78 is 7.14. The van der Waals surface area contributed by atoms with E-state index in [4.69, 9.17) is 4.74 Å². The fourth-order valence-electron chi connectivity index (χ4n) is 4.31. The molecule has 2 aromatic carbocycles. The Morgan fingerprint density at radius 3 is 2.55 bits per heavy atom. The van der Waals surface area contributed by atoms with E-state index < -0.39 is 6.03 Å². The molecule has 38 heavy (non-hydrogen) atoms. The van der Waals surface area contributed by atoms with Crippen LogP contribution in [0.15, 0.2) is 54.7 Å². The van der Waals surface area contributed by atoms with Crippen LogP contribution in [0.25, 0.3) is 22.3 Å². The summed E-state index contributed by atoms with van der Waals surface area (Å²) in [6.45, 7) is 6.59. The molecule has 1 saturated heterocycles. The number of nitrogens with one attached hydrogen (secondary N) is 3. The first-order valence-electron chi connectivity index (χ1n) is 12.5. The van der Waals surface area contributed by atoms with E-state index in [1.165, 1.54) is 6.92 Å². The minimum atomic E-state index is -0.399. The topological polar surface area (TPSA) is 126 Å². The van der Waals surface area contributed by atoms with Crippen molar-refractivity contribution in [1.29, 1.82) is 0 Å². The molecule has 0 radical (unpaired) electrons. The Morgan fingerprint density at radius 1 is 1.03 bits per heavy atom. The number of morpholine rings is 1. The molecule has 0 saturated carbocycles. The number of carbonyl (C=O) groups is 2. The molecule has 1 aliphatic heterocycles. The lowest BCUT2D eigenvalue weighted by molar-refractivity contribution is 0.0398. The van der Waals surface area contributed by atoms with E-state index in [0.717, 1.165) is 61.7 Å². The first-order valence-corrected chi connectivity index (χ1v) is 12.5. The van der Waals surface area contributed by atoms with Gasteiger partial charge in [0.15, 0.2) is 11.4 Å². The Labute approximate surface area is 220 Å². The molecule has 11 heteroatoms. The number of benzene rings is 2. The van der Waals surface area contributed by atoms with Crippen molar-refractivity contribution in [3.05, 3.63) is 60.3 Å². The smallest absolute Gasteiger partial charge is 0.323 e. The van der Waals surface area contributed by atoms with Gasteiger partial charge < -0.3 is 20.7 Å². The number of hydrogen-bond acceptors (Lipinski definition) is 8. The number of nitrogens with zero attached hydrogens (tertiary/aromatic N) is 5. The Kier molecular flexibility index (Phi) is 7.57. The van der Waals surface area contributed by atoms with Crippen LogP contribution < -0.4 is 16.0 Å². The van der Waals surface area contributed by atoms with Crippen LogP contribution in [0.1, 0.15) is 17.3 Å². The molecule has 0 aliphatic carbocycles. The number of amides is 2. The summed E-state index contributed by atoms with van der Waals surface area (Å²) in [4.78, 5) is 35.5. The van der Waals surface area contributed by atoms with E-state index in [-0.39, 0.29) is 5.78 Å². The molecule has 3 N–H and O–H groups in total. The number of ether oxygens (including phenoxy) is 1. The standard InChI is InChI=1S/C27H30N8O3/c1-18(36)20-4-3-5-22(16-20)31-27(37)30-21-8-6-19(7-9-21)24-23-17-29-26(32-25(23)34(2)33-24)28-10-11-35-12-14-38-15-13-35/h3-9,16-17H,10-15H2,1-2H3,(H,28,29,32)(H2,30,31,37). The van der Waals surface area contributed by atoms with Crippen LogP contribution in [0.2, 0.25) is 0 Å². The number of aryl methyl sites for hydroxylation is 1. The highest BCUT2D eigenvalue weighted by Gasteiger charge is 2.15. The van der Waals surface area contributed by atoms with Crippen molar-refractivity contribution in [3.63, 3.8) is 0 Å². The molecule has 1 aliphatic rings. The fourth-order valence-corrected chi connectivity index (χ4v) is 4.31. The number of carbonyl (C=O) groups excluding carboxylic acids is 2. The summed E-state index contributed by atoms with van der Waals surface area (Å²) in [7, 11) is 1.86. The number of aromatic nitrogens is 4. The molecule has 0 unspecified atom stereocenters. The van der Waals surface area contributed by atoms with Crippen LogP contribution in [0, 0.1) is 0 Å². The van der Waals surface area contributed by atoms with Crippen LogP contribution in [-0.2, 0) is 11.8 Å². The molecule has 4 aromatic rings. The van der Waals surface area contributed by atoms with Gasteiger partial charge in [0.05, 0.1) is 18.6 Å². The normalized spacial score (nSPS) is 13.8. The summed E-state index contributed by atoms with van der Waals surface area (Å²) in [5, 5.41) is 14.4. The SMILES string of the molecule is CC(=O)c1cccc(NC(=O)Nc2ccc(-c3nn(C)c4nc(NCCN5CCOCC5)ncc34)cc2)c1. The highest BCUT2D eigenvalue weighted by molar-refractivity contribution is 6.01. The Hall–Kier alpha value is -4.35. The van der Waals surface area contributed by atoms with Gasteiger partial charge in [-0.05, 0) is 31.2 Å². The van der Waals surface area contributed by atoms with Gasteiger partial charge in [-0.25, -0.2) is 14.5 Å². The summed E-state index contributed by atoms with van der Waals surface area (Å²) in [6.07, 6.45) is 1.79. The van der Waals surface area contributed by atoms with E-state index in [0.29, 0.717) is 22.9 Å². The minimum Gasteiger partial charge on any atom is -0.379 e. The third-order valence-electron chi connectivity index (χ3n) is 6.34. The van der Waals surface area contributed by atoms with Gasteiger partial charge in [-0.2, -0.15) is 10.1 Å². The number of urea groups is 1. The Balaban J connectivity index is 1.22. The molecule has 196 valence electrons.